The summed E-state index contributed by atoms with van der Waals surface area (Å²) < 4.78 is 11.8. The number of hydrogen-bond acceptors (Lipinski definition) is 1. The van der Waals surface area contributed by atoms with Gasteiger partial charge in [-0.2, -0.15) is 0 Å². The normalized spacial score (nSPS) is 12.9. The fourth-order valence-electron chi connectivity index (χ4n) is 3.53. The van der Waals surface area contributed by atoms with Crippen LogP contribution in [-0.4, -0.2) is 9.79 Å². The van der Waals surface area contributed by atoms with E-state index in [0.29, 0.717) is 5.56 Å². The zero-order valence-corrected chi connectivity index (χ0v) is 19.1. The van der Waals surface area contributed by atoms with Crippen molar-refractivity contribution >= 4 is 24.4 Å². The number of unbranched alkanes of at least 4 members (excludes halogenated alkanes) is 8. The van der Waals surface area contributed by atoms with E-state index in [-0.39, 0.29) is 0 Å². The molecule has 0 spiro atoms. The summed E-state index contributed by atoms with van der Waals surface area (Å²) >= 11 is 0. The second-order valence-electron chi connectivity index (χ2n) is 8.59. The number of rotatable bonds is 12. The molecule has 0 radical (unpaired) electrons. The minimum atomic E-state index is -4.22. The fourth-order valence-corrected chi connectivity index (χ4v) is 4.01. The van der Waals surface area contributed by atoms with Gasteiger partial charge in [-0.1, -0.05) is 88.3 Å². The Kier molecular flexibility index (Phi) is 9.14. The first-order valence-corrected chi connectivity index (χ1v) is 12.6. The highest BCUT2D eigenvalue weighted by atomic mass is 31.2. The van der Waals surface area contributed by atoms with Crippen LogP contribution in [0.3, 0.4) is 0 Å². The van der Waals surface area contributed by atoms with Crippen LogP contribution >= 0.6 is 7.60 Å². The molecule has 0 bridgehead atoms. The molecular weight excluding hydrogens is 379 g/mol. The smallest absolute Gasteiger partial charge is 0.324 e. The van der Waals surface area contributed by atoms with Crippen LogP contribution < -0.4 is 0 Å². The summed E-state index contributed by atoms with van der Waals surface area (Å²) in [6.07, 6.45) is 16.3. The Morgan fingerprint density at radius 2 is 1.45 bits per heavy atom. The summed E-state index contributed by atoms with van der Waals surface area (Å²) in [6, 6.07) is 11.9. The first-order valence-electron chi connectivity index (χ1n) is 11.0. The molecule has 0 aliphatic carbocycles. The highest BCUT2D eigenvalue weighted by molar-refractivity contribution is 7.53. The van der Waals surface area contributed by atoms with Crippen molar-refractivity contribution < 1.29 is 14.4 Å². The Labute approximate surface area is 176 Å². The summed E-state index contributed by atoms with van der Waals surface area (Å²) in [7, 11) is -4.22. The minimum Gasteiger partial charge on any atom is -0.324 e. The third-order valence-electron chi connectivity index (χ3n) is 5.83. The molecule has 0 saturated carbocycles. The minimum absolute atomic E-state index is 0.663. The predicted octanol–water partition coefficient (Wildman–Crippen LogP) is 7.80. The lowest BCUT2D eigenvalue weighted by Crippen LogP contribution is -2.17. The number of benzene rings is 2. The van der Waals surface area contributed by atoms with Crippen molar-refractivity contribution in [3.63, 3.8) is 0 Å². The van der Waals surface area contributed by atoms with E-state index >= 15 is 0 Å². The molecule has 29 heavy (non-hydrogen) atoms. The summed E-state index contributed by atoms with van der Waals surface area (Å²) in [5.41, 5.74) is 1.83. The van der Waals surface area contributed by atoms with Gasteiger partial charge in [0.2, 0.25) is 0 Å². The summed E-state index contributed by atoms with van der Waals surface area (Å²) in [5.74, 6) is 0. The average molecular weight is 417 g/mol. The van der Waals surface area contributed by atoms with E-state index in [4.69, 9.17) is 0 Å². The first kappa shape index (κ1) is 23.9. The molecule has 2 aromatic rings. The molecule has 3 nitrogen and oxygen atoms in total. The molecule has 0 amide bonds. The van der Waals surface area contributed by atoms with Crippen LogP contribution in [0, 0.1) is 0 Å². The van der Waals surface area contributed by atoms with Crippen molar-refractivity contribution in [2.24, 2.45) is 0 Å². The highest BCUT2D eigenvalue weighted by Crippen LogP contribution is 2.56. The van der Waals surface area contributed by atoms with Crippen LogP contribution in [-0.2, 0) is 9.72 Å². The first-order chi connectivity index (χ1) is 13.8. The maximum Gasteiger partial charge on any atom is 0.335 e. The third-order valence-corrected chi connectivity index (χ3v) is 7.55. The van der Waals surface area contributed by atoms with Crippen molar-refractivity contribution in [3.8, 4) is 0 Å². The van der Waals surface area contributed by atoms with E-state index in [1.165, 1.54) is 56.9 Å². The Hall–Kier alpha value is -1.41. The lowest BCUT2D eigenvalue weighted by atomic mass is 9.97. The number of allylic oxidation sites excluding steroid dienone is 1. The molecule has 0 heterocycles. The third kappa shape index (κ3) is 7.10. The zero-order chi connectivity index (χ0) is 21.3. The Morgan fingerprint density at radius 1 is 0.862 bits per heavy atom. The number of fused-ring (bicyclic) bond motifs is 1. The molecule has 0 saturated heterocycles. The van der Waals surface area contributed by atoms with Gasteiger partial charge in [0, 0.05) is 0 Å². The van der Waals surface area contributed by atoms with Crippen molar-refractivity contribution in [1.29, 1.82) is 0 Å². The molecular formula is C25H37O3P. The van der Waals surface area contributed by atoms with E-state index < -0.39 is 12.8 Å². The topological polar surface area (TPSA) is 57.5 Å². The van der Waals surface area contributed by atoms with Crippen molar-refractivity contribution in [3.05, 3.63) is 53.6 Å². The molecule has 0 fully saturated rings. The monoisotopic (exact) mass is 416 g/mol. The van der Waals surface area contributed by atoms with Gasteiger partial charge in [-0.15, -0.1) is 0 Å². The largest absolute Gasteiger partial charge is 0.335 e. The van der Waals surface area contributed by atoms with Crippen LogP contribution in [0.15, 0.2) is 42.5 Å². The lowest BCUT2D eigenvalue weighted by Gasteiger charge is -2.26. The van der Waals surface area contributed by atoms with Crippen LogP contribution in [0.25, 0.3) is 16.8 Å². The van der Waals surface area contributed by atoms with Gasteiger partial charge >= 0.3 is 7.60 Å². The summed E-state index contributed by atoms with van der Waals surface area (Å²) in [6.45, 7) is 5.45. The van der Waals surface area contributed by atoms with Gasteiger partial charge in [0.05, 0.1) is 5.16 Å². The molecule has 0 aromatic heterocycles. The van der Waals surface area contributed by atoms with E-state index in [1.54, 1.807) is 13.8 Å². The Morgan fingerprint density at radius 3 is 2.10 bits per heavy atom. The van der Waals surface area contributed by atoms with Gasteiger partial charge in [-0.05, 0) is 60.7 Å². The van der Waals surface area contributed by atoms with E-state index in [0.717, 1.165) is 17.2 Å². The molecule has 2 aromatic carbocycles. The van der Waals surface area contributed by atoms with E-state index in [1.807, 2.05) is 24.3 Å². The molecule has 0 atom stereocenters. The zero-order valence-electron chi connectivity index (χ0n) is 18.2. The van der Waals surface area contributed by atoms with Gasteiger partial charge < -0.3 is 9.79 Å². The van der Waals surface area contributed by atoms with Gasteiger partial charge in [0.1, 0.15) is 0 Å². The van der Waals surface area contributed by atoms with Crippen LogP contribution in [0.2, 0.25) is 0 Å². The van der Waals surface area contributed by atoms with Gasteiger partial charge in [0.15, 0.2) is 0 Å². The molecule has 160 valence electrons. The van der Waals surface area contributed by atoms with Gasteiger partial charge in [0.25, 0.3) is 0 Å². The average Bonchev–Trinajstić information content (AvgIpc) is 2.68. The quantitative estimate of drug-likeness (QED) is 0.274. The van der Waals surface area contributed by atoms with E-state index in [9.17, 15) is 14.4 Å². The second-order valence-corrected chi connectivity index (χ2v) is 10.8. The van der Waals surface area contributed by atoms with Crippen molar-refractivity contribution in [1.82, 2.24) is 0 Å². The SMILES string of the molecule is CCCCCCCCCC/C=C/c1ccc2cc(C(C)(C)P(=O)(O)O)ccc2c1. The van der Waals surface area contributed by atoms with E-state index in [2.05, 4.69) is 31.2 Å². The summed E-state index contributed by atoms with van der Waals surface area (Å²) in [4.78, 5) is 19.3. The molecule has 0 unspecified atom stereocenters. The maximum atomic E-state index is 11.8. The Balaban J connectivity index is 1.88. The molecule has 4 heteroatoms. The molecule has 0 aliphatic rings. The van der Waals surface area contributed by atoms with Crippen LogP contribution in [0.4, 0.5) is 0 Å². The number of hydrogen-bond donors (Lipinski definition) is 2. The van der Waals surface area contributed by atoms with Gasteiger partial charge in [-0.25, -0.2) is 0 Å². The van der Waals surface area contributed by atoms with Crippen molar-refractivity contribution in [2.45, 2.75) is 83.7 Å². The maximum absolute atomic E-state index is 11.8. The second kappa shape index (κ2) is 11.1. The summed E-state index contributed by atoms with van der Waals surface area (Å²) in [5, 5.41) is 0.907. The standard InChI is InChI=1S/C25H37O3P/c1-4-5-6-7-8-9-10-11-12-13-14-21-15-16-23-20-24(18-17-22(23)19-21)25(2,3)29(26,27)28/h13-20H,4-12H2,1-3H3,(H2,26,27,28)/b14-13+. The van der Waals surface area contributed by atoms with Crippen LogP contribution in [0.5, 0.6) is 0 Å². The van der Waals surface area contributed by atoms with Crippen molar-refractivity contribution in [2.75, 3.05) is 0 Å². The molecule has 2 N–H and O–H groups in total. The van der Waals surface area contributed by atoms with Gasteiger partial charge in [-0.3, -0.25) is 4.57 Å². The Bertz CT molecular complexity index is 848. The predicted molar refractivity (Wildman–Crippen MR) is 125 cm³/mol. The molecule has 2 rings (SSSR count). The molecule has 0 aliphatic heterocycles. The lowest BCUT2D eigenvalue weighted by molar-refractivity contribution is 0.338. The van der Waals surface area contributed by atoms with Crippen LogP contribution in [0.1, 0.15) is 89.7 Å². The highest BCUT2D eigenvalue weighted by Gasteiger charge is 2.39. The fraction of sp³-hybridized carbons (Fsp3) is 0.520.